The molecule has 2 aromatic rings. The maximum Gasteiger partial charge on any atom is 0.326 e. The Balaban J connectivity index is 2.29. The van der Waals surface area contributed by atoms with Crippen molar-refractivity contribution in [1.29, 1.82) is 0 Å². The molecule has 0 aliphatic rings. The summed E-state index contributed by atoms with van der Waals surface area (Å²) in [4.78, 5) is 23.9. The molecule has 25 heavy (non-hydrogen) atoms. The minimum atomic E-state index is -1.09. The molecule has 0 saturated heterocycles. The van der Waals surface area contributed by atoms with Crippen LogP contribution in [0.25, 0.3) is 5.69 Å². The second-order valence-electron chi connectivity index (χ2n) is 5.75. The highest BCUT2D eigenvalue weighted by Gasteiger charge is 2.23. The van der Waals surface area contributed by atoms with E-state index in [2.05, 4.69) is 5.32 Å². The van der Waals surface area contributed by atoms with E-state index in [1.807, 2.05) is 36.6 Å². The Bertz CT molecular complexity index is 785. The first-order valence-corrected chi connectivity index (χ1v) is 8.20. The summed E-state index contributed by atoms with van der Waals surface area (Å²) in [7, 11) is 1.49. The zero-order valence-corrected chi connectivity index (χ0v) is 15.1. The van der Waals surface area contributed by atoms with E-state index < -0.39 is 17.9 Å². The lowest BCUT2D eigenvalue weighted by molar-refractivity contribution is -0.139. The first-order chi connectivity index (χ1) is 11.8. The van der Waals surface area contributed by atoms with Crippen LogP contribution >= 0.6 is 11.6 Å². The number of carboxylic acids is 1. The van der Waals surface area contributed by atoms with E-state index in [9.17, 15) is 14.7 Å². The lowest BCUT2D eigenvalue weighted by Gasteiger charge is -2.14. The quantitative estimate of drug-likeness (QED) is 0.791. The highest BCUT2D eigenvalue weighted by atomic mass is 35.5. The molecular formula is C18H21ClN2O4. The topological polar surface area (TPSA) is 80.6 Å². The van der Waals surface area contributed by atoms with E-state index in [4.69, 9.17) is 16.3 Å². The normalized spacial score (nSPS) is 12.0. The van der Waals surface area contributed by atoms with E-state index in [-0.39, 0.29) is 13.0 Å². The molecule has 2 N–H and O–H groups in total. The molecule has 1 amide bonds. The van der Waals surface area contributed by atoms with Gasteiger partial charge in [0.2, 0.25) is 0 Å². The molecule has 0 spiro atoms. The van der Waals surface area contributed by atoms with Crippen LogP contribution in [0.1, 0.15) is 28.2 Å². The number of aliphatic carboxylic acids is 1. The van der Waals surface area contributed by atoms with Crippen molar-refractivity contribution < 1.29 is 19.4 Å². The fourth-order valence-electron chi connectivity index (χ4n) is 2.73. The summed E-state index contributed by atoms with van der Waals surface area (Å²) in [6.07, 6.45) is 0.199. The minimum absolute atomic E-state index is 0.199. The lowest BCUT2D eigenvalue weighted by atomic mass is 10.1. The first-order valence-electron chi connectivity index (χ1n) is 7.82. The SMILES string of the molecule is COCCC(NC(=O)c1cc(C)n(-c2cccc(Cl)c2)c1C)C(=O)O. The second-order valence-corrected chi connectivity index (χ2v) is 6.18. The predicted molar refractivity (Wildman–Crippen MR) is 95.6 cm³/mol. The molecule has 1 atom stereocenters. The largest absolute Gasteiger partial charge is 0.480 e. The molecular weight excluding hydrogens is 344 g/mol. The van der Waals surface area contributed by atoms with Gasteiger partial charge in [-0.15, -0.1) is 0 Å². The average Bonchev–Trinajstić information content (AvgIpc) is 2.85. The van der Waals surface area contributed by atoms with Gasteiger partial charge in [0, 0.05) is 42.2 Å². The summed E-state index contributed by atoms with van der Waals surface area (Å²) in [6.45, 7) is 3.94. The monoisotopic (exact) mass is 364 g/mol. The number of halogens is 1. The van der Waals surface area contributed by atoms with Crippen LogP contribution in [0.15, 0.2) is 30.3 Å². The highest BCUT2D eigenvalue weighted by Crippen LogP contribution is 2.23. The number of carboxylic acid groups (broad SMARTS) is 1. The summed E-state index contributed by atoms with van der Waals surface area (Å²) < 4.78 is 6.80. The molecule has 7 heteroatoms. The van der Waals surface area contributed by atoms with E-state index in [0.29, 0.717) is 16.3 Å². The van der Waals surface area contributed by atoms with Crippen LogP contribution in [0.4, 0.5) is 0 Å². The molecule has 0 saturated carbocycles. The van der Waals surface area contributed by atoms with Gasteiger partial charge in [-0.2, -0.15) is 0 Å². The summed E-state index contributed by atoms with van der Waals surface area (Å²) in [6, 6.07) is 8.05. The van der Waals surface area contributed by atoms with Gasteiger partial charge >= 0.3 is 5.97 Å². The van der Waals surface area contributed by atoms with Crippen molar-refractivity contribution in [2.45, 2.75) is 26.3 Å². The molecule has 1 heterocycles. The van der Waals surface area contributed by atoms with Crippen LogP contribution in [0.2, 0.25) is 5.02 Å². The third-order valence-corrected chi connectivity index (χ3v) is 4.19. The first kappa shape index (κ1) is 19.0. The summed E-state index contributed by atoms with van der Waals surface area (Å²) in [5.41, 5.74) is 2.85. The van der Waals surface area contributed by atoms with E-state index in [1.165, 1.54) is 7.11 Å². The van der Waals surface area contributed by atoms with Gasteiger partial charge in [0.15, 0.2) is 0 Å². The van der Waals surface area contributed by atoms with Crippen molar-refractivity contribution in [3.63, 3.8) is 0 Å². The maximum atomic E-state index is 12.6. The number of aryl methyl sites for hydroxylation is 1. The number of nitrogens with one attached hydrogen (secondary N) is 1. The van der Waals surface area contributed by atoms with E-state index in [1.54, 1.807) is 12.1 Å². The zero-order valence-electron chi connectivity index (χ0n) is 14.4. The Hall–Kier alpha value is -2.31. The summed E-state index contributed by atoms with van der Waals surface area (Å²) in [5.74, 6) is -1.51. The number of nitrogens with zero attached hydrogens (tertiary/aromatic N) is 1. The number of rotatable bonds is 7. The fourth-order valence-corrected chi connectivity index (χ4v) is 2.92. The standard InChI is InChI=1S/C18H21ClN2O4/c1-11-9-15(17(22)20-16(18(23)24)7-8-25-3)12(2)21(11)14-6-4-5-13(19)10-14/h4-6,9-10,16H,7-8H2,1-3H3,(H,20,22)(H,23,24). The Morgan fingerprint density at radius 1 is 1.32 bits per heavy atom. The van der Waals surface area contributed by atoms with Crippen molar-refractivity contribution in [2.75, 3.05) is 13.7 Å². The van der Waals surface area contributed by atoms with Crippen molar-refractivity contribution in [1.82, 2.24) is 9.88 Å². The maximum absolute atomic E-state index is 12.6. The molecule has 6 nitrogen and oxygen atoms in total. The van der Waals surface area contributed by atoms with Crippen molar-refractivity contribution in [2.24, 2.45) is 0 Å². The molecule has 2 rings (SSSR count). The number of carbonyl (C=O) groups is 2. The number of aromatic nitrogens is 1. The second kappa shape index (κ2) is 8.18. The zero-order chi connectivity index (χ0) is 18.6. The van der Waals surface area contributed by atoms with Gasteiger partial charge < -0.3 is 19.7 Å². The van der Waals surface area contributed by atoms with Crippen LogP contribution in [0, 0.1) is 13.8 Å². The summed E-state index contributed by atoms with van der Waals surface area (Å²) >= 11 is 6.05. The molecule has 1 unspecified atom stereocenters. The number of methoxy groups -OCH3 is 1. The third kappa shape index (κ3) is 4.41. The Kier molecular flexibility index (Phi) is 6.22. The van der Waals surface area contributed by atoms with Crippen LogP contribution in [0.5, 0.6) is 0 Å². The Labute approximate surface area is 151 Å². The van der Waals surface area contributed by atoms with Gasteiger partial charge in [-0.3, -0.25) is 4.79 Å². The Morgan fingerprint density at radius 3 is 2.64 bits per heavy atom. The van der Waals surface area contributed by atoms with Crippen LogP contribution in [-0.4, -0.2) is 41.3 Å². The molecule has 0 fully saturated rings. The van der Waals surface area contributed by atoms with Gasteiger partial charge in [-0.05, 0) is 38.1 Å². The number of amides is 1. The molecule has 1 aromatic carbocycles. The van der Waals surface area contributed by atoms with Gasteiger partial charge in [-0.25, -0.2) is 4.79 Å². The number of hydrogen-bond acceptors (Lipinski definition) is 3. The smallest absolute Gasteiger partial charge is 0.326 e. The van der Waals surface area contributed by atoms with Crippen LogP contribution < -0.4 is 5.32 Å². The van der Waals surface area contributed by atoms with Crippen LogP contribution in [-0.2, 0) is 9.53 Å². The number of hydrogen-bond donors (Lipinski definition) is 2. The van der Waals surface area contributed by atoms with Crippen molar-refractivity contribution in [3.05, 3.63) is 52.3 Å². The molecule has 0 bridgehead atoms. The molecule has 0 aliphatic heterocycles. The van der Waals surface area contributed by atoms with E-state index in [0.717, 1.165) is 11.4 Å². The average molecular weight is 365 g/mol. The summed E-state index contributed by atoms with van der Waals surface area (Å²) in [5, 5.41) is 12.4. The van der Waals surface area contributed by atoms with Gasteiger partial charge in [0.25, 0.3) is 5.91 Å². The minimum Gasteiger partial charge on any atom is -0.480 e. The third-order valence-electron chi connectivity index (χ3n) is 3.96. The highest BCUT2D eigenvalue weighted by molar-refractivity contribution is 6.30. The predicted octanol–water partition coefficient (Wildman–Crippen LogP) is 2.97. The number of carbonyl (C=O) groups excluding carboxylic acids is 1. The fraction of sp³-hybridized carbons (Fsp3) is 0.333. The Morgan fingerprint density at radius 2 is 2.04 bits per heavy atom. The molecule has 1 aromatic heterocycles. The molecule has 0 aliphatic carbocycles. The van der Waals surface area contributed by atoms with Gasteiger partial charge in [-0.1, -0.05) is 17.7 Å². The van der Waals surface area contributed by atoms with Crippen LogP contribution in [0.3, 0.4) is 0 Å². The molecule has 134 valence electrons. The van der Waals surface area contributed by atoms with Crippen molar-refractivity contribution in [3.8, 4) is 5.69 Å². The van der Waals surface area contributed by atoms with Gasteiger partial charge in [0.1, 0.15) is 6.04 Å². The molecule has 0 radical (unpaired) electrons. The van der Waals surface area contributed by atoms with Gasteiger partial charge in [0.05, 0.1) is 5.56 Å². The van der Waals surface area contributed by atoms with E-state index >= 15 is 0 Å². The number of ether oxygens (including phenoxy) is 1. The van der Waals surface area contributed by atoms with Crippen molar-refractivity contribution >= 4 is 23.5 Å². The lowest BCUT2D eigenvalue weighted by Crippen LogP contribution is -2.41. The number of benzene rings is 1.